The molecule has 0 spiro atoms. The van der Waals surface area contributed by atoms with Gasteiger partial charge in [-0.15, -0.1) is 0 Å². The summed E-state index contributed by atoms with van der Waals surface area (Å²) in [5, 5.41) is 12.5. The zero-order chi connectivity index (χ0) is 13.8. The van der Waals surface area contributed by atoms with Crippen molar-refractivity contribution in [3.8, 4) is 17.6 Å². The van der Waals surface area contributed by atoms with Crippen molar-refractivity contribution < 1.29 is 9.47 Å². The second kappa shape index (κ2) is 5.74. The Morgan fingerprint density at radius 3 is 2.33 bits per heavy atom. The van der Waals surface area contributed by atoms with Crippen LogP contribution in [0, 0.1) is 11.3 Å². The van der Waals surface area contributed by atoms with E-state index in [-0.39, 0.29) is 5.54 Å². The molecule has 1 atom stereocenters. The maximum absolute atomic E-state index is 9.29. The molecule has 0 saturated carbocycles. The predicted octanol–water partition coefficient (Wildman–Crippen LogP) is 2.66. The van der Waals surface area contributed by atoms with Crippen LogP contribution in [0.15, 0.2) is 18.2 Å². The second-order valence-corrected chi connectivity index (χ2v) is 5.06. The predicted molar refractivity (Wildman–Crippen MR) is 70.8 cm³/mol. The molecule has 0 aliphatic rings. The van der Waals surface area contributed by atoms with Gasteiger partial charge in [-0.25, -0.2) is 0 Å². The monoisotopic (exact) mass is 248 g/mol. The van der Waals surface area contributed by atoms with Gasteiger partial charge in [-0.05, 0) is 32.9 Å². The van der Waals surface area contributed by atoms with E-state index in [9.17, 15) is 5.26 Å². The summed E-state index contributed by atoms with van der Waals surface area (Å²) < 4.78 is 10.5. The van der Waals surface area contributed by atoms with E-state index in [2.05, 4.69) is 11.4 Å². The Morgan fingerprint density at radius 2 is 1.89 bits per heavy atom. The first-order valence-corrected chi connectivity index (χ1v) is 5.80. The maximum atomic E-state index is 9.29. The van der Waals surface area contributed by atoms with Gasteiger partial charge in [0.05, 0.1) is 20.3 Å². The van der Waals surface area contributed by atoms with Gasteiger partial charge >= 0.3 is 0 Å². The Balaban J connectivity index is 3.10. The van der Waals surface area contributed by atoms with Crippen molar-refractivity contribution in [1.29, 1.82) is 5.26 Å². The summed E-state index contributed by atoms with van der Waals surface area (Å²) in [6, 6.07) is 7.30. The average molecular weight is 248 g/mol. The van der Waals surface area contributed by atoms with Crippen LogP contribution in [0.4, 0.5) is 0 Å². The summed E-state index contributed by atoms with van der Waals surface area (Å²) >= 11 is 0. The molecule has 1 N–H and O–H groups in total. The fraction of sp³-hybridized carbons (Fsp3) is 0.500. The van der Waals surface area contributed by atoms with Crippen LogP contribution in [0.2, 0.25) is 0 Å². The molecule has 0 aromatic heterocycles. The average Bonchev–Trinajstić information content (AvgIpc) is 2.34. The number of hydrogen-bond donors (Lipinski definition) is 1. The van der Waals surface area contributed by atoms with Gasteiger partial charge < -0.3 is 9.47 Å². The number of nitrogens with zero attached hydrogens (tertiary/aromatic N) is 1. The van der Waals surface area contributed by atoms with E-state index in [0.717, 1.165) is 5.56 Å². The van der Waals surface area contributed by atoms with Crippen molar-refractivity contribution in [1.82, 2.24) is 5.32 Å². The number of benzene rings is 1. The Hall–Kier alpha value is -1.73. The quantitative estimate of drug-likeness (QED) is 0.890. The standard InChI is InChI=1S/C14H20N2O2/c1-14(2,3)16-12(9-15)11-7-6-10(17-4)8-13(11)18-5/h6-8,12,16H,1-5H3. The molecule has 4 heteroatoms. The van der Waals surface area contributed by atoms with Gasteiger partial charge in [0.25, 0.3) is 0 Å². The first-order valence-electron chi connectivity index (χ1n) is 5.80. The summed E-state index contributed by atoms with van der Waals surface area (Å²) in [5.74, 6) is 1.36. The molecule has 18 heavy (non-hydrogen) atoms. The smallest absolute Gasteiger partial charge is 0.128 e. The van der Waals surface area contributed by atoms with Crippen LogP contribution in [0.5, 0.6) is 11.5 Å². The van der Waals surface area contributed by atoms with Crippen LogP contribution >= 0.6 is 0 Å². The van der Waals surface area contributed by atoms with E-state index in [0.29, 0.717) is 11.5 Å². The number of nitrogens with one attached hydrogen (secondary N) is 1. The third-order valence-corrected chi connectivity index (χ3v) is 2.46. The van der Waals surface area contributed by atoms with Crippen molar-refractivity contribution in [2.24, 2.45) is 0 Å². The Morgan fingerprint density at radius 1 is 1.22 bits per heavy atom. The summed E-state index contributed by atoms with van der Waals surface area (Å²) in [7, 11) is 3.19. The molecule has 98 valence electrons. The van der Waals surface area contributed by atoms with Crippen molar-refractivity contribution >= 4 is 0 Å². The highest BCUT2D eigenvalue weighted by Crippen LogP contribution is 2.30. The zero-order valence-corrected chi connectivity index (χ0v) is 11.6. The van der Waals surface area contributed by atoms with E-state index in [1.54, 1.807) is 20.3 Å². The fourth-order valence-electron chi connectivity index (χ4n) is 1.67. The normalized spacial score (nSPS) is 12.7. The third-order valence-electron chi connectivity index (χ3n) is 2.46. The number of ether oxygens (including phenoxy) is 2. The lowest BCUT2D eigenvalue weighted by atomic mass is 10.0. The summed E-state index contributed by atoms with van der Waals surface area (Å²) in [4.78, 5) is 0. The van der Waals surface area contributed by atoms with E-state index in [1.165, 1.54) is 0 Å². The molecular formula is C14H20N2O2. The van der Waals surface area contributed by atoms with Crippen LogP contribution in [-0.2, 0) is 0 Å². The van der Waals surface area contributed by atoms with Crippen LogP contribution < -0.4 is 14.8 Å². The number of nitriles is 1. The second-order valence-electron chi connectivity index (χ2n) is 5.06. The summed E-state index contributed by atoms with van der Waals surface area (Å²) in [5.41, 5.74) is 0.668. The van der Waals surface area contributed by atoms with Crippen molar-refractivity contribution in [2.75, 3.05) is 14.2 Å². The molecule has 0 heterocycles. The van der Waals surface area contributed by atoms with Crippen LogP contribution in [0.3, 0.4) is 0 Å². The highest BCUT2D eigenvalue weighted by Gasteiger charge is 2.21. The molecule has 0 aliphatic carbocycles. The Bertz CT molecular complexity index is 444. The molecule has 0 fully saturated rings. The number of rotatable bonds is 4. The molecule has 0 aliphatic heterocycles. The molecule has 1 aromatic carbocycles. The lowest BCUT2D eigenvalue weighted by Gasteiger charge is -2.25. The van der Waals surface area contributed by atoms with Gasteiger partial charge in [0.15, 0.2) is 0 Å². The Labute approximate surface area is 109 Å². The minimum atomic E-state index is -0.411. The first kappa shape index (κ1) is 14.3. The fourth-order valence-corrected chi connectivity index (χ4v) is 1.67. The largest absolute Gasteiger partial charge is 0.497 e. The molecule has 0 saturated heterocycles. The van der Waals surface area contributed by atoms with Gasteiger partial charge in [0, 0.05) is 17.2 Å². The summed E-state index contributed by atoms with van der Waals surface area (Å²) in [6.45, 7) is 6.06. The van der Waals surface area contributed by atoms with Crippen LogP contribution in [-0.4, -0.2) is 19.8 Å². The van der Waals surface area contributed by atoms with Crippen molar-refractivity contribution in [3.05, 3.63) is 23.8 Å². The van der Waals surface area contributed by atoms with Gasteiger partial charge in [0.1, 0.15) is 17.5 Å². The van der Waals surface area contributed by atoms with Gasteiger partial charge in [-0.2, -0.15) is 5.26 Å². The van der Waals surface area contributed by atoms with Crippen molar-refractivity contribution in [2.45, 2.75) is 32.4 Å². The minimum absolute atomic E-state index is 0.147. The van der Waals surface area contributed by atoms with Crippen LogP contribution in [0.25, 0.3) is 0 Å². The molecule has 4 nitrogen and oxygen atoms in total. The van der Waals surface area contributed by atoms with E-state index in [4.69, 9.17) is 9.47 Å². The molecule has 0 bridgehead atoms. The van der Waals surface area contributed by atoms with Gasteiger partial charge in [0.2, 0.25) is 0 Å². The molecule has 0 amide bonds. The lowest BCUT2D eigenvalue weighted by Crippen LogP contribution is -2.38. The highest BCUT2D eigenvalue weighted by molar-refractivity contribution is 5.44. The van der Waals surface area contributed by atoms with Crippen molar-refractivity contribution in [3.63, 3.8) is 0 Å². The molecule has 1 unspecified atom stereocenters. The molecule has 0 radical (unpaired) electrons. The van der Waals surface area contributed by atoms with E-state index in [1.807, 2.05) is 32.9 Å². The first-order chi connectivity index (χ1) is 8.41. The van der Waals surface area contributed by atoms with E-state index >= 15 is 0 Å². The highest BCUT2D eigenvalue weighted by atomic mass is 16.5. The molecule has 1 rings (SSSR count). The van der Waals surface area contributed by atoms with Gasteiger partial charge in [-0.3, -0.25) is 5.32 Å². The third kappa shape index (κ3) is 3.64. The summed E-state index contributed by atoms with van der Waals surface area (Å²) in [6.07, 6.45) is 0. The zero-order valence-electron chi connectivity index (χ0n) is 11.6. The van der Waals surface area contributed by atoms with E-state index < -0.39 is 6.04 Å². The topological polar surface area (TPSA) is 54.3 Å². The Kier molecular flexibility index (Phi) is 4.57. The number of methoxy groups -OCH3 is 2. The molecule has 1 aromatic rings. The minimum Gasteiger partial charge on any atom is -0.497 e. The lowest BCUT2D eigenvalue weighted by molar-refractivity contribution is 0.371. The van der Waals surface area contributed by atoms with Gasteiger partial charge in [-0.1, -0.05) is 0 Å². The number of hydrogen-bond acceptors (Lipinski definition) is 4. The molecular weight excluding hydrogens is 228 g/mol. The van der Waals surface area contributed by atoms with Crippen LogP contribution in [0.1, 0.15) is 32.4 Å². The SMILES string of the molecule is COc1ccc(C(C#N)NC(C)(C)C)c(OC)c1. The maximum Gasteiger partial charge on any atom is 0.128 e.